The number of anilines is 1. The third-order valence-electron chi connectivity index (χ3n) is 5.47. The predicted molar refractivity (Wildman–Crippen MR) is 88.1 cm³/mol. The highest BCUT2D eigenvalue weighted by atomic mass is 16.2. The van der Waals surface area contributed by atoms with Crippen molar-refractivity contribution in [1.29, 1.82) is 0 Å². The van der Waals surface area contributed by atoms with Crippen molar-refractivity contribution in [2.45, 2.75) is 45.1 Å². The number of carbonyl (C=O) groups is 2. The van der Waals surface area contributed by atoms with Crippen molar-refractivity contribution in [2.24, 2.45) is 11.8 Å². The average Bonchev–Trinajstić information content (AvgIpc) is 3.13. The zero-order chi connectivity index (χ0) is 16.0. The molecule has 1 aliphatic heterocycles. The van der Waals surface area contributed by atoms with Crippen LogP contribution >= 0.6 is 0 Å². The zero-order valence-corrected chi connectivity index (χ0v) is 13.3. The minimum absolute atomic E-state index is 0.00401. The van der Waals surface area contributed by atoms with Crippen LogP contribution in [0.15, 0.2) is 24.5 Å². The largest absolute Gasteiger partial charge is 0.345 e. The van der Waals surface area contributed by atoms with Gasteiger partial charge in [-0.25, -0.2) is 4.98 Å². The Morgan fingerprint density at radius 2 is 1.96 bits per heavy atom. The molecular weight excluding hydrogens is 290 g/mol. The van der Waals surface area contributed by atoms with Crippen molar-refractivity contribution in [3.8, 4) is 0 Å². The summed E-state index contributed by atoms with van der Waals surface area (Å²) >= 11 is 0. The van der Waals surface area contributed by atoms with E-state index in [-0.39, 0.29) is 23.7 Å². The smallest absolute Gasteiger partial charge is 0.295 e. The summed E-state index contributed by atoms with van der Waals surface area (Å²) in [7, 11) is 0. The molecule has 120 valence electrons. The fourth-order valence-electron chi connectivity index (χ4n) is 4.29. The number of aromatic amines is 1. The first-order chi connectivity index (χ1) is 11.2. The second-order valence-corrected chi connectivity index (χ2v) is 6.82. The molecule has 2 aliphatic rings. The van der Waals surface area contributed by atoms with Gasteiger partial charge < -0.3 is 9.88 Å². The maximum Gasteiger partial charge on any atom is 0.295 e. The number of rotatable bonds is 2. The Kier molecular flexibility index (Phi) is 3.43. The summed E-state index contributed by atoms with van der Waals surface area (Å²) in [5.74, 6) is -0.396. The Bertz CT molecular complexity index is 760. The summed E-state index contributed by atoms with van der Waals surface area (Å²) < 4.78 is 0. The van der Waals surface area contributed by atoms with Crippen LogP contribution in [0.1, 0.15) is 39.0 Å². The van der Waals surface area contributed by atoms with E-state index < -0.39 is 0 Å². The van der Waals surface area contributed by atoms with Gasteiger partial charge in [-0.05, 0) is 37.0 Å². The van der Waals surface area contributed by atoms with E-state index in [1.54, 1.807) is 11.2 Å². The van der Waals surface area contributed by atoms with Crippen LogP contribution in [0.5, 0.6) is 0 Å². The van der Waals surface area contributed by atoms with Gasteiger partial charge in [0, 0.05) is 11.6 Å². The highest BCUT2D eigenvalue weighted by molar-refractivity contribution is 6.44. The molecule has 2 aromatic rings. The van der Waals surface area contributed by atoms with Gasteiger partial charge >= 0.3 is 0 Å². The molecular formula is C18H21N3O2. The van der Waals surface area contributed by atoms with Crippen LogP contribution in [0.3, 0.4) is 0 Å². The maximum atomic E-state index is 12.6. The predicted octanol–water partition coefficient (Wildman–Crippen LogP) is 3.06. The molecule has 1 amide bonds. The first-order valence-electron chi connectivity index (χ1n) is 8.47. The summed E-state index contributed by atoms with van der Waals surface area (Å²) in [5, 5.41) is 0. The van der Waals surface area contributed by atoms with Gasteiger partial charge in [-0.1, -0.05) is 26.2 Å². The van der Waals surface area contributed by atoms with Crippen LogP contribution in [0.25, 0.3) is 11.0 Å². The van der Waals surface area contributed by atoms with Crippen molar-refractivity contribution < 1.29 is 9.59 Å². The molecule has 5 nitrogen and oxygen atoms in total. The van der Waals surface area contributed by atoms with Gasteiger partial charge in [-0.2, -0.15) is 0 Å². The van der Waals surface area contributed by atoms with Crippen molar-refractivity contribution in [1.82, 2.24) is 9.97 Å². The second kappa shape index (κ2) is 5.48. The van der Waals surface area contributed by atoms with Crippen molar-refractivity contribution in [2.75, 3.05) is 4.90 Å². The minimum Gasteiger partial charge on any atom is -0.345 e. The van der Waals surface area contributed by atoms with Gasteiger partial charge in [0.2, 0.25) is 5.78 Å². The summed E-state index contributed by atoms with van der Waals surface area (Å²) in [5.41, 5.74) is 2.57. The molecule has 0 bridgehead atoms. The number of fused-ring (bicyclic) bond motifs is 1. The van der Waals surface area contributed by atoms with E-state index in [0.717, 1.165) is 29.6 Å². The number of nitrogens with one attached hydrogen (secondary N) is 1. The number of benzene rings is 1. The third kappa shape index (κ3) is 2.26. The van der Waals surface area contributed by atoms with Gasteiger partial charge in [0.25, 0.3) is 5.91 Å². The lowest BCUT2D eigenvalue weighted by Gasteiger charge is -2.35. The number of H-pyrrole nitrogens is 1. The van der Waals surface area contributed by atoms with Crippen molar-refractivity contribution >= 4 is 28.4 Å². The number of carbonyl (C=O) groups excluding carboxylic acids is 2. The highest BCUT2D eigenvalue weighted by Gasteiger charge is 2.48. The first-order valence-corrected chi connectivity index (χ1v) is 8.47. The van der Waals surface area contributed by atoms with Gasteiger partial charge in [-0.15, -0.1) is 0 Å². The SMILES string of the molecule is CC1C(=O)C(=O)N(c2ccc3nc[nH]c3c2)C1C1CCCCC1. The molecule has 2 heterocycles. The Morgan fingerprint density at radius 1 is 1.17 bits per heavy atom. The number of amides is 1. The monoisotopic (exact) mass is 311 g/mol. The number of Topliss-reactive ketones (excluding diaryl/α,β-unsaturated/α-hetero) is 1. The van der Waals surface area contributed by atoms with Gasteiger partial charge in [0.15, 0.2) is 0 Å². The molecule has 1 saturated carbocycles. The van der Waals surface area contributed by atoms with Crippen LogP contribution in [0.2, 0.25) is 0 Å². The maximum absolute atomic E-state index is 12.6. The van der Waals surface area contributed by atoms with Crippen LogP contribution < -0.4 is 4.90 Å². The molecule has 2 fully saturated rings. The van der Waals surface area contributed by atoms with E-state index in [9.17, 15) is 9.59 Å². The average molecular weight is 311 g/mol. The Labute approximate surface area is 135 Å². The van der Waals surface area contributed by atoms with Gasteiger partial charge in [0.1, 0.15) is 0 Å². The van der Waals surface area contributed by atoms with Gasteiger partial charge in [-0.3, -0.25) is 9.59 Å². The lowest BCUT2D eigenvalue weighted by atomic mass is 9.79. The topological polar surface area (TPSA) is 66.1 Å². The van der Waals surface area contributed by atoms with E-state index >= 15 is 0 Å². The number of hydrogen-bond acceptors (Lipinski definition) is 3. The van der Waals surface area contributed by atoms with E-state index in [1.165, 1.54) is 19.3 Å². The zero-order valence-electron chi connectivity index (χ0n) is 13.3. The van der Waals surface area contributed by atoms with Crippen molar-refractivity contribution in [3.63, 3.8) is 0 Å². The van der Waals surface area contributed by atoms with E-state index in [2.05, 4.69) is 9.97 Å². The molecule has 23 heavy (non-hydrogen) atoms. The van der Waals surface area contributed by atoms with Crippen LogP contribution in [-0.2, 0) is 9.59 Å². The number of nitrogens with zero attached hydrogens (tertiary/aromatic N) is 2. The molecule has 1 aromatic heterocycles. The number of ketones is 1. The minimum atomic E-state index is -0.355. The molecule has 1 saturated heterocycles. The Hall–Kier alpha value is -2.17. The number of imidazole rings is 1. The standard InChI is InChI=1S/C18H21N3O2/c1-11-16(12-5-3-2-4-6-12)21(18(23)17(11)22)13-7-8-14-15(9-13)20-10-19-14/h7-12,16H,2-6H2,1H3,(H,19,20). The summed E-state index contributed by atoms with van der Waals surface area (Å²) in [6, 6.07) is 5.74. The lowest BCUT2D eigenvalue weighted by molar-refractivity contribution is -0.135. The fourth-order valence-corrected chi connectivity index (χ4v) is 4.29. The molecule has 1 aliphatic carbocycles. The number of aromatic nitrogens is 2. The summed E-state index contributed by atoms with van der Waals surface area (Å²) in [6.07, 6.45) is 7.52. The van der Waals surface area contributed by atoms with Crippen LogP contribution in [0, 0.1) is 11.8 Å². The van der Waals surface area contributed by atoms with Crippen molar-refractivity contribution in [3.05, 3.63) is 24.5 Å². The molecule has 2 atom stereocenters. The third-order valence-corrected chi connectivity index (χ3v) is 5.47. The molecule has 0 radical (unpaired) electrons. The quantitative estimate of drug-likeness (QED) is 0.867. The number of hydrogen-bond donors (Lipinski definition) is 1. The Balaban J connectivity index is 1.75. The van der Waals surface area contributed by atoms with E-state index in [0.29, 0.717) is 5.92 Å². The molecule has 1 N–H and O–H groups in total. The highest BCUT2D eigenvalue weighted by Crippen LogP contribution is 2.39. The van der Waals surface area contributed by atoms with E-state index in [4.69, 9.17) is 0 Å². The Morgan fingerprint density at radius 3 is 2.74 bits per heavy atom. The first kappa shape index (κ1) is 14.4. The molecule has 1 aromatic carbocycles. The summed E-state index contributed by atoms with van der Waals surface area (Å²) in [6.45, 7) is 1.91. The van der Waals surface area contributed by atoms with Crippen LogP contribution in [0.4, 0.5) is 5.69 Å². The molecule has 5 heteroatoms. The normalized spacial score (nSPS) is 26.4. The lowest BCUT2D eigenvalue weighted by Crippen LogP contribution is -2.41. The summed E-state index contributed by atoms with van der Waals surface area (Å²) in [4.78, 5) is 34.0. The fraction of sp³-hybridized carbons (Fsp3) is 0.500. The van der Waals surface area contributed by atoms with Crippen LogP contribution in [-0.4, -0.2) is 27.7 Å². The van der Waals surface area contributed by atoms with Gasteiger partial charge in [0.05, 0.1) is 23.4 Å². The second-order valence-electron chi connectivity index (χ2n) is 6.82. The van der Waals surface area contributed by atoms with E-state index in [1.807, 2.05) is 25.1 Å². The molecule has 4 rings (SSSR count). The molecule has 2 unspecified atom stereocenters. The molecule has 0 spiro atoms.